The molecule has 0 unspecified atom stereocenters. The molecule has 2 N–H and O–H groups in total. The zero-order valence-corrected chi connectivity index (χ0v) is 23.4. The van der Waals surface area contributed by atoms with Crippen molar-refractivity contribution in [2.24, 2.45) is 0 Å². The molecule has 2 fully saturated rings. The number of methoxy groups -OCH3 is 1. The summed E-state index contributed by atoms with van der Waals surface area (Å²) in [6.07, 6.45) is 8.14. The van der Waals surface area contributed by atoms with Gasteiger partial charge in [-0.05, 0) is 66.2 Å². The van der Waals surface area contributed by atoms with Gasteiger partial charge in [0, 0.05) is 62.0 Å². The Kier molecular flexibility index (Phi) is 7.95. The average Bonchev–Trinajstić information content (AvgIpc) is 2.78. The normalized spacial score (nSPS) is 24.6. The number of ether oxygens (including phenoxy) is 2. The highest BCUT2D eigenvalue weighted by molar-refractivity contribution is 5.86. The molecule has 1 aliphatic heterocycles. The Labute approximate surface area is 220 Å². The van der Waals surface area contributed by atoms with E-state index in [-0.39, 0.29) is 41.2 Å². The summed E-state index contributed by atoms with van der Waals surface area (Å²) in [5.74, 6) is 1.43. The quantitative estimate of drug-likeness (QED) is 0.559. The van der Waals surface area contributed by atoms with Gasteiger partial charge in [0.2, 0.25) is 17.7 Å². The number of aromatic nitrogens is 3. The fraction of sp³-hybridized carbons (Fsp3) is 0.714. The molecule has 1 saturated carbocycles. The standard InChI is InChI=1S/C28H43N5O4/c1-17(16-36-7)31-26-30-15-23-24(32-26)22(19-8-10-20(35)11-9-19)14-29-25(23)37-21-12-27(3,4)33(18(2)34)28(5,6)13-21/h14-15,17,19-21,35H,8-13,16H2,1-7H3,(H,30,31,32)/t17-,19?,20?/m0/s1. The van der Waals surface area contributed by atoms with Crippen LogP contribution in [0, 0.1) is 0 Å². The molecule has 4 rings (SSSR count). The number of pyridine rings is 1. The van der Waals surface area contributed by atoms with Crippen LogP contribution in [-0.4, -0.2) is 73.9 Å². The number of piperidine rings is 1. The zero-order chi connectivity index (χ0) is 27.0. The molecule has 1 saturated heterocycles. The summed E-state index contributed by atoms with van der Waals surface area (Å²) in [4.78, 5) is 28.7. The SMILES string of the molecule is COC[C@H](C)Nc1ncc2c(OC3CC(C)(C)N(C(C)=O)C(C)(C)C3)ncc(C3CCC(O)CC3)c2n1. The van der Waals surface area contributed by atoms with Gasteiger partial charge in [-0.2, -0.15) is 0 Å². The first-order valence-electron chi connectivity index (χ1n) is 13.5. The first kappa shape index (κ1) is 27.5. The Morgan fingerprint density at radius 1 is 1.14 bits per heavy atom. The molecule has 9 heteroatoms. The molecule has 2 aromatic rings. The highest BCUT2D eigenvalue weighted by atomic mass is 16.5. The van der Waals surface area contributed by atoms with Gasteiger partial charge in [-0.1, -0.05) is 0 Å². The monoisotopic (exact) mass is 513 g/mol. The lowest BCUT2D eigenvalue weighted by molar-refractivity contribution is -0.151. The largest absolute Gasteiger partial charge is 0.474 e. The minimum atomic E-state index is -0.345. The van der Waals surface area contributed by atoms with Crippen molar-refractivity contribution in [1.82, 2.24) is 19.9 Å². The van der Waals surface area contributed by atoms with Gasteiger partial charge in [-0.15, -0.1) is 0 Å². The van der Waals surface area contributed by atoms with Crippen molar-refractivity contribution in [2.75, 3.05) is 19.0 Å². The van der Waals surface area contributed by atoms with Crippen molar-refractivity contribution in [3.8, 4) is 5.88 Å². The van der Waals surface area contributed by atoms with Crippen LogP contribution in [0.25, 0.3) is 10.9 Å². The van der Waals surface area contributed by atoms with Crippen LogP contribution in [0.2, 0.25) is 0 Å². The fourth-order valence-electron chi connectivity index (χ4n) is 6.66. The summed E-state index contributed by atoms with van der Waals surface area (Å²) >= 11 is 0. The van der Waals surface area contributed by atoms with Gasteiger partial charge in [0.1, 0.15) is 6.10 Å². The molecule has 0 radical (unpaired) electrons. The predicted octanol–water partition coefficient (Wildman–Crippen LogP) is 4.44. The summed E-state index contributed by atoms with van der Waals surface area (Å²) in [6.45, 7) is 12.6. The molecule has 1 amide bonds. The number of aliphatic hydroxyl groups excluding tert-OH is 1. The molecular weight excluding hydrogens is 470 g/mol. The number of hydrogen-bond acceptors (Lipinski definition) is 8. The van der Waals surface area contributed by atoms with Gasteiger partial charge in [0.15, 0.2) is 0 Å². The number of hydrogen-bond donors (Lipinski definition) is 2. The van der Waals surface area contributed by atoms with E-state index >= 15 is 0 Å². The first-order chi connectivity index (χ1) is 17.4. The lowest BCUT2D eigenvalue weighted by atomic mass is 9.78. The van der Waals surface area contributed by atoms with Gasteiger partial charge >= 0.3 is 0 Å². The molecule has 1 aliphatic carbocycles. The van der Waals surface area contributed by atoms with Gasteiger partial charge in [0.05, 0.1) is 23.6 Å². The third-order valence-corrected chi connectivity index (χ3v) is 7.80. The Morgan fingerprint density at radius 3 is 2.38 bits per heavy atom. The number of carbonyl (C=O) groups excluding carboxylic acids is 1. The van der Waals surface area contributed by atoms with Gasteiger partial charge in [0.25, 0.3) is 0 Å². The molecule has 9 nitrogen and oxygen atoms in total. The van der Waals surface area contributed by atoms with Crippen molar-refractivity contribution < 1.29 is 19.4 Å². The number of aliphatic hydroxyl groups is 1. The van der Waals surface area contributed by atoms with E-state index in [1.165, 1.54) is 0 Å². The lowest BCUT2D eigenvalue weighted by Crippen LogP contribution is -2.64. The molecule has 3 heterocycles. The molecule has 0 aromatic carbocycles. The van der Waals surface area contributed by atoms with E-state index in [4.69, 9.17) is 19.4 Å². The number of rotatable bonds is 7. The molecule has 0 bridgehead atoms. The van der Waals surface area contributed by atoms with Crippen LogP contribution in [0.3, 0.4) is 0 Å². The van der Waals surface area contributed by atoms with Crippen molar-refractivity contribution in [2.45, 2.75) is 115 Å². The van der Waals surface area contributed by atoms with E-state index in [1.54, 1.807) is 20.2 Å². The van der Waals surface area contributed by atoms with Crippen molar-refractivity contribution in [3.63, 3.8) is 0 Å². The molecule has 37 heavy (non-hydrogen) atoms. The van der Waals surface area contributed by atoms with E-state index in [1.807, 2.05) is 18.0 Å². The average molecular weight is 514 g/mol. The van der Waals surface area contributed by atoms with E-state index in [0.717, 1.165) is 42.1 Å². The summed E-state index contributed by atoms with van der Waals surface area (Å²) in [5, 5.41) is 14.2. The number of nitrogens with one attached hydrogen (secondary N) is 1. The topological polar surface area (TPSA) is 110 Å². The Morgan fingerprint density at radius 2 is 1.78 bits per heavy atom. The molecule has 204 valence electrons. The van der Waals surface area contributed by atoms with Crippen LogP contribution in [0.4, 0.5) is 5.95 Å². The summed E-state index contributed by atoms with van der Waals surface area (Å²) in [7, 11) is 1.67. The van der Waals surface area contributed by atoms with Crippen LogP contribution < -0.4 is 10.1 Å². The summed E-state index contributed by atoms with van der Waals surface area (Å²) in [6, 6.07) is 0.0595. The van der Waals surface area contributed by atoms with Crippen LogP contribution in [0.5, 0.6) is 5.88 Å². The Balaban J connectivity index is 1.68. The molecule has 2 aliphatic rings. The van der Waals surface area contributed by atoms with Crippen LogP contribution in [0.1, 0.15) is 91.5 Å². The number of anilines is 1. The predicted molar refractivity (Wildman–Crippen MR) is 144 cm³/mol. The highest BCUT2D eigenvalue weighted by Gasteiger charge is 2.47. The van der Waals surface area contributed by atoms with E-state index in [0.29, 0.717) is 31.3 Å². The second kappa shape index (κ2) is 10.7. The number of carbonyl (C=O) groups is 1. The smallest absolute Gasteiger partial charge is 0.224 e. The minimum Gasteiger partial charge on any atom is -0.474 e. The van der Waals surface area contributed by atoms with Gasteiger partial charge in [-0.25, -0.2) is 15.0 Å². The van der Waals surface area contributed by atoms with E-state index in [9.17, 15) is 9.90 Å². The Hall–Kier alpha value is -2.52. The number of likely N-dealkylation sites (tertiary alicyclic amines) is 1. The summed E-state index contributed by atoms with van der Waals surface area (Å²) in [5.41, 5.74) is 1.23. The number of amides is 1. The maximum atomic E-state index is 12.5. The lowest BCUT2D eigenvalue weighted by Gasteiger charge is -2.54. The second-order valence-corrected chi connectivity index (χ2v) is 12.1. The van der Waals surface area contributed by atoms with E-state index in [2.05, 4.69) is 38.0 Å². The first-order valence-corrected chi connectivity index (χ1v) is 13.5. The van der Waals surface area contributed by atoms with Crippen LogP contribution in [-0.2, 0) is 9.53 Å². The third kappa shape index (κ3) is 5.98. The van der Waals surface area contributed by atoms with Crippen molar-refractivity contribution in [1.29, 1.82) is 0 Å². The highest BCUT2D eigenvalue weighted by Crippen LogP contribution is 2.42. The molecule has 1 atom stereocenters. The molecular formula is C28H43N5O4. The maximum Gasteiger partial charge on any atom is 0.224 e. The Bertz CT molecular complexity index is 1100. The van der Waals surface area contributed by atoms with Crippen molar-refractivity contribution in [3.05, 3.63) is 18.0 Å². The minimum absolute atomic E-state index is 0.0595. The second-order valence-electron chi connectivity index (χ2n) is 12.1. The van der Waals surface area contributed by atoms with E-state index < -0.39 is 0 Å². The van der Waals surface area contributed by atoms with Crippen LogP contribution in [0.15, 0.2) is 12.4 Å². The van der Waals surface area contributed by atoms with Gasteiger partial charge < -0.3 is 24.8 Å². The summed E-state index contributed by atoms with van der Waals surface area (Å²) < 4.78 is 11.8. The van der Waals surface area contributed by atoms with Gasteiger partial charge in [-0.3, -0.25) is 4.79 Å². The zero-order valence-electron chi connectivity index (χ0n) is 23.4. The number of fused-ring (bicyclic) bond motifs is 1. The maximum absolute atomic E-state index is 12.5. The van der Waals surface area contributed by atoms with Crippen molar-refractivity contribution >= 4 is 22.8 Å². The fourth-order valence-corrected chi connectivity index (χ4v) is 6.66. The third-order valence-electron chi connectivity index (χ3n) is 7.80. The molecule has 2 aromatic heterocycles. The molecule has 0 spiro atoms. The number of nitrogens with zero attached hydrogens (tertiary/aromatic N) is 4. The van der Waals surface area contributed by atoms with Crippen LogP contribution >= 0.6 is 0 Å².